The first-order chi connectivity index (χ1) is 8.48. The van der Waals surface area contributed by atoms with Crippen molar-refractivity contribution in [1.82, 2.24) is 5.32 Å². The summed E-state index contributed by atoms with van der Waals surface area (Å²) in [7, 11) is 1.71. The van der Waals surface area contributed by atoms with Gasteiger partial charge in [0.05, 0.1) is 0 Å². The molecule has 0 aliphatic rings. The minimum Gasteiger partial charge on any atom is -0.480 e. The lowest BCUT2D eigenvalue weighted by molar-refractivity contribution is -0.145. The third kappa shape index (κ3) is 6.36. The van der Waals surface area contributed by atoms with E-state index in [0.29, 0.717) is 19.4 Å². The average Bonchev–Trinajstić information content (AvgIpc) is 2.32. The fourth-order valence-electron chi connectivity index (χ4n) is 2.02. The summed E-state index contributed by atoms with van der Waals surface area (Å²) in [6.07, 6.45) is 4.25. The third-order valence-corrected chi connectivity index (χ3v) is 3.45. The Morgan fingerprint density at radius 3 is 2.39 bits per heavy atom. The predicted molar refractivity (Wildman–Crippen MR) is 73.8 cm³/mol. The van der Waals surface area contributed by atoms with Crippen LogP contribution in [0.15, 0.2) is 0 Å². The van der Waals surface area contributed by atoms with Crippen molar-refractivity contribution in [2.75, 3.05) is 20.3 Å². The van der Waals surface area contributed by atoms with Gasteiger partial charge in [0, 0.05) is 13.2 Å². The maximum Gasteiger partial charge on any atom is 0.323 e. The molecule has 0 aliphatic carbocycles. The topological polar surface area (TPSA) is 58.6 Å². The normalized spacial score (nSPS) is 14.7. The van der Waals surface area contributed by atoms with Gasteiger partial charge in [-0.05, 0) is 45.1 Å². The Morgan fingerprint density at radius 1 is 1.33 bits per heavy atom. The lowest BCUT2D eigenvalue weighted by atomic mass is 9.91. The summed E-state index contributed by atoms with van der Waals surface area (Å²) in [6.45, 7) is 7.73. The van der Waals surface area contributed by atoms with Gasteiger partial charge in [0.25, 0.3) is 0 Å². The smallest absolute Gasteiger partial charge is 0.323 e. The van der Waals surface area contributed by atoms with Crippen molar-refractivity contribution in [1.29, 1.82) is 0 Å². The van der Waals surface area contributed by atoms with Gasteiger partial charge in [0.1, 0.15) is 5.54 Å². The van der Waals surface area contributed by atoms with Gasteiger partial charge >= 0.3 is 5.97 Å². The lowest BCUT2D eigenvalue weighted by Gasteiger charge is -2.27. The van der Waals surface area contributed by atoms with Gasteiger partial charge in [0.2, 0.25) is 0 Å². The van der Waals surface area contributed by atoms with Gasteiger partial charge in [0.15, 0.2) is 0 Å². The maximum atomic E-state index is 11.2. The lowest BCUT2D eigenvalue weighted by Crippen LogP contribution is -2.49. The number of hydrogen-bond acceptors (Lipinski definition) is 3. The van der Waals surface area contributed by atoms with Gasteiger partial charge in [-0.25, -0.2) is 0 Å². The fraction of sp³-hybridized carbons (Fsp3) is 0.929. The SMILES string of the molecule is CCC(CCCOCCCC(C)C)(NC)C(=O)O. The van der Waals surface area contributed by atoms with Gasteiger partial charge in [-0.2, -0.15) is 0 Å². The number of ether oxygens (including phenoxy) is 1. The van der Waals surface area contributed by atoms with Crippen molar-refractivity contribution in [3.05, 3.63) is 0 Å². The monoisotopic (exact) mass is 259 g/mol. The number of carboxylic acids is 1. The Kier molecular flexibility index (Phi) is 9.02. The summed E-state index contributed by atoms with van der Waals surface area (Å²) < 4.78 is 5.53. The van der Waals surface area contributed by atoms with Crippen LogP contribution in [-0.2, 0) is 9.53 Å². The molecule has 0 aromatic heterocycles. The van der Waals surface area contributed by atoms with E-state index in [0.717, 1.165) is 25.4 Å². The largest absolute Gasteiger partial charge is 0.480 e. The second-order valence-electron chi connectivity index (χ2n) is 5.24. The van der Waals surface area contributed by atoms with Crippen LogP contribution in [0, 0.1) is 5.92 Å². The van der Waals surface area contributed by atoms with Crippen LogP contribution in [0.3, 0.4) is 0 Å². The van der Waals surface area contributed by atoms with Crippen LogP contribution in [0.2, 0.25) is 0 Å². The highest BCUT2D eigenvalue weighted by atomic mass is 16.5. The molecular weight excluding hydrogens is 230 g/mol. The Bertz CT molecular complexity index is 225. The van der Waals surface area contributed by atoms with E-state index in [2.05, 4.69) is 19.2 Å². The zero-order valence-corrected chi connectivity index (χ0v) is 12.3. The molecule has 1 atom stereocenters. The van der Waals surface area contributed by atoms with Crippen molar-refractivity contribution < 1.29 is 14.6 Å². The van der Waals surface area contributed by atoms with Crippen LogP contribution >= 0.6 is 0 Å². The number of rotatable bonds is 11. The molecule has 0 saturated carbocycles. The molecule has 0 aromatic rings. The van der Waals surface area contributed by atoms with Crippen molar-refractivity contribution in [3.8, 4) is 0 Å². The van der Waals surface area contributed by atoms with E-state index in [-0.39, 0.29) is 0 Å². The molecule has 0 amide bonds. The quantitative estimate of drug-likeness (QED) is 0.560. The molecule has 0 spiro atoms. The van der Waals surface area contributed by atoms with E-state index >= 15 is 0 Å². The minimum atomic E-state index is -0.790. The number of hydrogen-bond donors (Lipinski definition) is 2. The predicted octanol–water partition coefficient (Wildman–Crippen LogP) is 2.67. The molecule has 4 nitrogen and oxygen atoms in total. The van der Waals surface area contributed by atoms with E-state index in [1.165, 1.54) is 6.42 Å². The summed E-state index contributed by atoms with van der Waals surface area (Å²) in [5.41, 5.74) is -0.790. The Labute approximate surface area is 111 Å². The highest BCUT2D eigenvalue weighted by molar-refractivity contribution is 5.78. The molecule has 0 radical (unpaired) electrons. The first-order valence-electron chi connectivity index (χ1n) is 6.98. The molecule has 0 saturated heterocycles. The number of nitrogens with one attached hydrogen (secondary N) is 1. The first-order valence-corrected chi connectivity index (χ1v) is 6.98. The zero-order valence-electron chi connectivity index (χ0n) is 12.3. The molecule has 0 bridgehead atoms. The van der Waals surface area contributed by atoms with Crippen molar-refractivity contribution >= 4 is 5.97 Å². The molecule has 0 rings (SSSR count). The van der Waals surface area contributed by atoms with Gasteiger partial charge in [-0.3, -0.25) is 4.79 Å². The van der Waals surface area contributed by atoms with Gasteiger partial charge < -0.3 is 15.2 Å². The molecule has 0 aliphatic heterocycles. The van der Waals surface area contributed by atoms with E-state index < -0.39 is 11.5 Å². The van der Waals surface area contributed by atoms with Gasteiger partial charge in [-0.15, -0.1) is 0 Å². The molecule has 1 unspecified atom stereocenters. The first kappa shape index (κ1) is 17.4. The number of carbonyl (C=O) groups is 1. The highest BCUT2D eigenvalue weighted by Gasteiger charge is 2.33. The van der Waals surface area contributed by atoms with E-state index in [4.69, 9.17) is 4.74 Å². The van der Waals surface area contributed by atoms with Crippen LogP contribution in [0.5, 0.6) is 0 Å². The van der Waals surface area contributed by atoms with E-state index in [9.17, 15) is 9.90 Å². The van der Waals surface area contributed by atoms with Crippen molar-refractivity contribution in [2.45, 2.75) is 58.4 Å². The third-order valence-electron chi connectivity index (χ3n) is 3.45. The van der Waals surface area contributed by atoms with Crippen molar-refractivity contribution in [3.63, 3.8) is 0 Å². The standard InChI is InChI=1S/C14H29NO3/c1-5-14(15-4,13(16)17)9-7-11-18-10-6-8-12(2)3/h12,15H,5-11H2,1-4H3,(H,16,17). The molecule has 2 N–H and O–H groups in total. The Balaban J connectivity index is 3.72. The van der Waals surface area contributed by atoms with E-state index in [1.807, 2.05) is 6.92 Å². The average molecular weight is 259 g/mol. The number of likely N-dealkylation sites (N-methyl/N-ethyl adjacent to an activating group) is 1. The second-order valence-corrected chi connectivity index (χ2v) is 5.24. The van der Waals surface area contributed by atoms with Crippen LogP contribution in [0.4, 0.5) is 0 Å². The minimum absolute atomic E-state index is 0.589. The van der Waals surface area contributed by atoms with Crippen LogP contribution in [0.1, 0.15) is 52.9 Å². The maximum absolute atomic E-state index is 11.2. The Morgan fingerprint density at radius 2 is 1.94 bits per heavy atom. The van der Waals surface area contributed by atoms with E-state index in [1.54, 1.807) is 7.05 Å². The van der Waals surface area contributed by atoms with Crippen LogP contribution in [0.25, 0.3) is 0 Å². The summed E-state index contributed by atoms with van der Waals surface area (Å²) in [6, 6.07) is 0. The zero-order chi connectivity index (χ0) is 14.0. The van der Waals surface area contributed by atoms with Crippen LogP contribution < -0.4 is 5.32 Å². The molecule has 108 valence electrons. The summed E-state index contributed by atoms with van der Waals surface area (Å²) in [5, 5.41) is 12.1. The number of aliphatic carboxylic acids is 1. The summed E-state index contributed by atoms with van der Waals surface area (Å²) >= 11 is 0. The summed E-state index contributed by atoms with van der Waals surface area (Å²) in [4.78, 5) is 11.2. The number of carboxylic acid groups (broad SMARTS) is 1. The molecule has 4 heteroatoms. The molecular formula is C14H29NO3. The second kappa shape index (κ2) is 9.34. The molecule has 0 fully saturated rings. The highest BCUT2D eigenvalue weighted by Crippen LogP contribution is 2.17. The summed E-state index contributed by atoms with van der Waals surface area (Å²) in [5.74, 6) is -0.0510. The molecule has 0 aromatic carbocycles. The molecule has 18 heavy (non-hydrogen) atoms. The fourth-order valence-corrected chi connectivity index (χ4v) is 2.02. The molecule has 0 heterocycles. The van der Waals surface area contributed by atoms with Crippen molar-refractivity contribution in [2.24, 2.45) is 5.92 Å². The van der Waals surface area contributed by atoms with Crippen LogP contribution in [-0.4, -0.2) is 36.9 Å². The van der Waals surface area contributed by atoms with Gasteiger partial charge in [-0.1, -0.05) is 20.8 Å². The Hall–Kier alpha value is -0.610.